The molecule has 1 atom stereocenters. The topological polar surface area (TPSA) is 113 Å². The summed E-state index contributed by atoms with van der Waals surface area (Å²) in [5.41, 5.74) is 2.04. The molecular weight excluding hydrogens is 418 g/mol. The van der Waals surface area contributed by atoms with Gasteiger partial charge in [-0.2, -0.15) is 0 Å². The van der Waals surface area contributed by atoms with Crippen LogP contribution in [0.1, 0.15) is 70.4 Å². The van der Waals surface area contributed by atoms with Gasteiger partial charge >= 0.3 is 6.03 Å². The molecule has 160 valence electrons. The molecule has 4 amide bonds. The molecule has 1 aromatic carbocycles. The van der Waals surface area contributed by atoms with Gasteiger partial charge in [0.05, 0.1) is 0 Å². The highest BCUT2D eigenvalue weighted by Gasteiger charge is 2.43. The molecule has 2 N–H and O–H groups in total. The summed E-state index contributed by atoms with van der Waals surface area (Å²) >= 11 is 6.21. The zero-order valence-corrected chi connectivity index (χ0v) is 18.6. The number of hydrogen-bond donors (Lipinski definition) is 2. The monoisotopic (exact) mass is 443 g/mol. The maximum atomic E-state index is 12.6. The van der Waals surface area contributed by atoms with Gasteiger partial charge in [-0.3, -0.25) is 14.5 Å². The molecule has 8 nitrogen and oxygen atoms in total. The van der Waals surface area contributed by atoms with Crippen molar-refractivity contribution >= 4 is 45.2 Å². The van der Waals surface area contributed by atoms with E-state index in [9.17, 15) is 22.8 Å². The first kappa shape index (κ1) is 23.2. The van der Waals surface area contributed by atoms with E-state index in [1.54, 1.807) is 12.1 Å². The van der Waals surface area contributed by atoms with E-state index in [0.717, 1.165) is 18.1 Å². The molecule has 1 aliphatic rings. The van der Waals surface area contributed by atoms with Crippen molar-refractivity contribution in [1.29, 1.82) is 0 Å². The van der Waals surface area contributed by atoms with Crippen molar-refractivity contribution < 1.29 is 22.8 Å². The minimum absolute atomic E-state index is 0.0266. The molecule has 0 aromatic heterocycles. The molecule has 1 aliphatic heterocycles. The Morgan fingerprint density at radius 1 is 1.14 bits per heavy atom. The van der Waals surface area contributed by atoms with Gasteiger partial charge in [0.15, 0.2) is 5.37 Å². The van der Waals surface area contributed by atoms with Crippen molar-refractivity contribution in [3.05, 3.63) is 28.3 Å². The van der Waals surface area contributed by atoms with Gasteiger partial charge < -0.3 is 5.32 Å². The number of carbonyl (C=O) groups is 3. The third-order valence-corrected chi connectivity index (χ3v) is 6.59. The molecule has 2 rings (SSSR count). The molecular formula is C19H26ClN3O5S. The summed E-state index contributed by atoms with van der Waals surface area (Å²) in [5, 5.41) is 1.75. The molecule has 0 aliphatic carbocycles. The average molecular weight is 444 g/mol. The fraction of sp³-hybridized carbons (Fsp3) is 0.526. The van der Waals surface area contributed by atoms with Crippen LogP contribution in [-0.4, -0.2) is 36.5 Å². The second kappa shape index (κ2) is 8.71. The van der Waals surface area contributed by atoms with E-state index in [0.29, 0.717) is 15.6 Å². The van der Waals surface area contributed by atoms with Crippen molar-refractivity contribution in [3.8, 4) is 0 Å². The highest BCUT2D eigenvalue weighted by molar-refractivity contribution is 7.90. The molecule has 29 heavy (non-hydrogen) atoms. The number of hydrogen-bond acceptors (Lipinski definition) is 5. The number of carbonyl (C=O) groups excluding carboxylic acids is 3. The quantitative estimate of drug-likeness (QED) is 0.722. The molecule has 1 fully saturated rings. The third-order valence-electron chi connectivity index (χ3n) is 4.74. The van der Waals surface area contributed by atoms with Gasteiger partial charge in [-0.25, -0.2) is 17.9 Å². The second-order valence-electron chi connectivity index (χ2n) is 7.65. The van der Waals surface area contributed by atoms with Gasteiger partial charge in [-0.05, 0) is 41.5 Å². The van der Waals surface area contributed by atoms with E-state index in [2.05, 4.69) is 5.32 Å². The lowest BCUT2D eigenvalue weighted by atomic mass is 9.92. The number of anilines is 1. The first-order valence-electron chi connectivity index (χ1n) is 9.33. The predicted octanol–water partition coefficient (Wildman–Crippen LogP) is 3.53. The normalized spacial score (nSPS) is 17.2. The van der Waals surface area contributed by atoms with Crippen molar-refractivity contribution in [2.75, 3.05) is 5.32 Å². The summed E-state index contributed by atoms with van der Waals surface area (Å²) in [6, 6.07) is 2.50. The molecule has 10 heteroatoms. The van der Waals surface area contributed by atoms with Gasteiger partial charge in [-0.15, -0.1) is 0 Å². The third kappa shape index (κ3) is 5.08. The van der Waals surface area contributed by atoms with Crippen LogP contribution in [0, 0.1) is 0 Å². The Morgan fingerprint density at radius 3 is 2.10 bits per heavy atom. The molecule has 0 spiro atoms. The van der Waals surface area contributed by atoms with Crippen LogP contribution in [0.4, 0.5) is 10.5 Å². The van der Waals surface area contributed by atoms with Crippen molar-refractivity contribution in [1.82, 2.24) is 9.62 Å². The summed E-state index contributed by atoms with van der Waals surface area (Å²) in [6.45, 7) is 8.85. The lowest BCUT2D eigenvalue weighted by molar-refractivity contribution is -0.141. The van der Waals surface area contributed by atoms with Crippen molar-refractivity contribution in [2.24, 2.45) is 0 Å². The van der Waals surface area contributed by atoms with E-state index in [4.69, 9.17) is 11.6 Å². The van der Waals surface area contributed by atoms with Crippen LogP contribution in [-0.2, 0) is 19.6 Å². The summed E-state index contributed by atoms with van der Waals surface area (Å²) < 4.78 is 27.2. The largest absolute Gasteiger partial charge is 0.332 e. The Kier molecular flexibility index (Phi) is 6.95. The Morgan fingerprint density at radius 2 is 1.66 bits per heavy atom. The van der Waals surface area contributed by atoms with E-state index in [-0.39, 0.29) is 24.7 Å². The van der Waals surface area contributed by atoms with Gasteiger partial charge in [-0.1, -0.05) is 39.3 Å². The number of likely N-dealkylation sites (tertiary alicyclic amines) is 1. The van der Waals surface area contributed by atoms with Crippen LogP contribution in [0.3, 0.4) is 0 Å². The van der Waals surface area contributed by atoms with E-state index < -0.39 is 33.2 Å². The zero-order valence-electron chi connectivity index (χ0n) is 17.1. The first-order chi connectivity index (χ1) is 13.3. The summed E-state index contributed by atoms with van der Waals surface area (Å²) in [4.78, 5) is 36.7. The second-order valence-corrected chi connectivity index (χ2v) is 9.92. The Bertz CT molecular complexity index is 914. The molecule has 1 unspecified atom stereocenters. The minimum Gasteiger partial charge on any atom is -0.307 e. The smallest absolute Gasteiger partial charge is 0.307 e. The van der Waals surface area contributed by atoms with Crippen LogP contribution in [0.25, 0.3) is 0 Å². The molecule has 1 aromatic rings. The Labute approximate surface area is 176 Å². The Balaban J connectivity index is 2.31. The average Bonchev–Trinajstić information content (AvgIpc) is 2.97. The van der Waals surface area contributed by atoms with Crippen molar-refractivity contribution in [2.45, 2.75) is 64.7 Å². The fourth-order valence-electron chi connectivity index (χ4n) is 3.37. The molecule has 0 radical (unpaired) electrons. The maximum absolute atomic E-state index is 12.6. The van der Waals surface area contributed by atoms with Crippen LogP contribution in [0.2, 0.25) is 5.02 Å². The number of nitrogens with one attached hydrogen (secondary N) is 2. The van der Waals surface area contributed by atoms with E-state index in [1.165, 1.54) is 0 Å². The van der Waals surface area contributed by atoms with Crippen LogP contribution < -0.4 is 10.0 Å². The maximum Gasteiger partial charge on any atom is 0.332 e. The molecule has 0 saturated carbocycles. The lowest BCUT2D eigenvalue weighted by Gasteiger charge is -2.23. The fourth-order valence-corrected chi connectivity index (χ4v) is 5.02. The molecule has 0 bridgehead atoms. The number of rotatable bonds is 5. The minimum atomic E-state index is -4.28. The van der Waals surface area contributed by atoms with E-state index >= 15 is 0 Å². The zero-order chi connectivity index (χ0) is 22.1. The number of urea groups is 1. The summed E-state index contributed by atoms with van der Waals surface area (Å²) in [7, 11) is -4.28. The van der Waals surface area contributed by atoms with Gasteiger partial charge in [0.25, 0.3) is 10.0 Å². The lowest BCUT2D eigenvalue weighted by Crippen LogP contribution is -2.48. The van der Waals surface area contributed by atoms with E-state index in [1.807, 2.05) is 32.4 Å². The summed E-state index contributed by atoms with van der Waals surface area (Å²) in [6.07, 6.45) is -0.130. The highest BCUT2D eigenvalue weighted by Crippen LogP contribution is 2.35. The van der Waals surface area contributed by atoms with Gasteiger partial charge in [0, 0.05) is 24.1 Å². The number of sulfonamides is 1. The standard InChI is InChI=1S/C19H26ClN3O5S/c1-10(2)14-8-13(20)9-15(11(3)4)18(14)21-19(26)22-29(27,28)17-7-6-16(25)23(17)12(5)24/h8-11,17H,6-7H2,1-5H3,(H2,21,22,26). The number of halogens is 1. The van der Waals surface area contributed by atoms with Crippen LogP contribution >= 0.6 is 11.6 Å². The SMILES string of the molecule is CC(=O)N1C(=O)CCC1S(=O)(=O)NC(=O)Nc1c(C(C)C)cc(Cl)cc1C(C)C. The molecule has 1 saturated heterocycles. The molecule has 1 heterocycles. The van der Waals surface area contributed by atoms with Gasteiger partial charge in [0.1, 0.15) is 0 Å². The van der Waals surface area contributed by atoms with Crippen LogP contribution in [0.5, 0.6) is 0 Å². The number of amides is 4. The van der Waals surface area contributed by atoms with Gasteiger partial charge in [0.2, 0.25) is 11.8 Å². The first-order valence-corrected chi connectivity index (χ1v) is 11.3. The summed E-state index contributed by atoms with van der Waals surface area (Å²) in [5.74, 6) is -1.20. The number of nitrogens with zero attached hydrogens (tertiary/aromatic N) is 1. The van der Waals surface area contributed by atoms with Crippen molar-refractivity contribution in [3.63, 3.8) is 0 Å². The number of imide groups is 1. The predicted molar refractivity (Wildman–Crippen MR) is 111 cm³/mol. The highest BCUT2D eigenvalue weighted by atomic mass is 35.5. The van der Waals surface area contributed by atoms with Crippen LogP contribution in [0.15, 0.2) is 12.1 Å². The Hall–Kier alpha value is -2.13. The number of benzene rings is 1.